The molecule has 0 fully saturated rings. The molecule has 4 heteroatoms. The Morgan fingerprint density at radius 1 is 0.443 bits per heavy atom. The second kappa shape index (κ2) is 13.9. The maximum Gasteiger partial charge on any atom is 0.253 e. The molecule has 2 nitrogen and oxygen atoms in total. The van der Waals surface area contributed by atoms with Crippen LogP contribution in [0, 0.1) is 6.92 Å². The Morgan fingerprint density at radius 3 is 1.63 bits per heavy atom. The average molecular weight is 941 g/mol. The highest BCUT2D eigenvalue weighted by Gasteiger charge is 2.57. The lowest BCUT2D eigenvalue weighted by molar-refractivity contribution is 0.211. The number of thiophene rings is 1. The molecule has 0 N–H and O–H groups in total. The normalized spacial score (nSPS) is 25.8. The van der Waals surface area contributed by atoms with Gasteiger partial charge in [0.25, 0.3) is 6.71 Å². The number of fused-ring (bicyclic) bond motifs is 2. The fourth-order valence-electron chi connectivity index (χ4n) is 15.9. The number of rotatable bonds is 3. The largest absolute Gasteiger partial charge is 0.311 e. The van der Waals surface area contributed by atoms with Crippen molar-refractivity contribution in [3.63, 3.8) is 0 Å². The molecular formula is C66H77BN2S. The van der Waals surface area contributed by atoms with Gasteiger partial charge in [0, 0.05) is 33.2 Å². The molecule has 0 spiro atoms. The van der Waals surface area contributed by atoms with Crippen LogP contribution < -0.4 is 26.2 Å². The standard InChI is InChI=1S/C66H77BN2S/c1-39-31-52-55-53(32-39)69(50-36-46-45(61(6,7)25-26-62(46,8)9)34-42(50)40-19-17-16-18-20-40)58-56-54-57(70-58)64(12,13)28-30-66(54,15)38-65(14)29-27-63(10,11)47-37-51(49(67(55)56)35-48(47)65)68(52)41-21-22-43-44(33-41)60(4,5)24-23-59(43,2)3/h16-22,31-37H,23-30,38H2,1-15H3. The van der Waals surface area contributed by atoms with E-state index in [4.69, 9.17) is 0 Å². The molecule has 13 rings (SSSR count). The summed E-state index contributed by atoms with van der Waals surface area (Å²) in [6.07, 6.45) is 10.8. The molecule has 4 aliphatic carbocycles. The van der Waals surface area contributed by atoms with Gasteiger partial charge in [-0.25, -0.2) is 0 Å². The molecule has 3 aliphatic heterocycles. The van der Waals surface area contributed by atoms with E-state index >= 15 is 0 Å². The molecule has 6 aromatic rings. The van der Waals surface area contributed by atoms with Crippen molar-refractivity contribution >= 4 is 67.9 Å². The smallest absolute Gasteiger partial charge is 0.253 e. The highest BCUT2D eigenvalue weighted by atomic mass is 32.1. The monoisotopic (exact) mass is 941 g/mol. The minimum atomic E-state index is 0.0293. The first-order valence-corrected chi connectivity index (χ1v) is 28.1. The molecule has 0 saturated carbocycles. The lowest BCUT2D eigenvalue weighted by Gasteiger charge is -2.50. The zero-order chi connectivity index (χ0) is 49.2. The fourth-order valence-corrected chi connectivity index (χ4v) is 17.6. The second-order valence-corrected chi connectivity index (χ2v) is 29.4. The topological polar surface area (TPSA) is 6.48 Å². The molecule has 70 heavy (non-hydrogen) atoms. The highest BCUT2D eigenvalue weighted by molar-refractivity contribution is 7.20. The Balaban J connectivity index is 1.20. The van der Waals surface area contributed by atoms with Crippen LogP contribution in [-0.4, -0.2) is 6.71 Å². The van der Waals surface area contributed by atoms with Gasteiger partial charge in [-0.15, -0.1) is 11.3 Å². The summed E-state index contributed by atoms with van der Waals surface area (Å²) in [6.45, 7) is 38.1. The summed E-state index contributed by atoms with van der Waals surface area (Å²) in [6, 6.07) is 35.2. The van der Waals surface area contributed by atoms with Crippen molar-refractivity contribution in [3.8, 4) is 11.1 Å². The molecule has 1 aromatic heterocycles. The number of benzene rings is 5. The maximum absolute atomic E-state index is 2.85. The summed E-state index contributed by atoms with van der Waals surface area (Å²) in [7, 11) is 0. The summed E-state index contributed by atoms with van der Waals surface area (Å²) >= 11 is 2.17. The van der Waals surface area contributed by atoms with E-state index in [1.54, 1.807) is 27.0 Å². The molecule has 2 unspecified atom stereocenters. The average Bonchev–Trinajstić information content (AvgIpc) is 3.73. The lowest BCUT2D eigenvalue weighted by atomic mass is 9.32. The summed E-state index contributed by atoms with van der Waals surface area (Å²) in [4.78, 5) is 7.27. The SMILES string of the molecule is Cc1cc2c3c(c1)N(c1cc4c(cc1-c1ccccc1)C(C)(C)CCC4(C)C)c1sc4c5c1B3c1cc3c(cc1N2c1ccc2c(c1)C(C)(C)CCC2(C)C)C(C)(C)CCC3(C)CC5(C)CCC4(C)C. The molecule has 7 aliphatic rings. The third-order valence-corrected chi connectivity index (χ3v) is 22.1. The summed E-state index contributed by atoms with van der Waals surface area (Å²) in [5, 5.41) is 1.46. The van der Waals surface area contributed by atoms with E-state index in [0.717, 1.165) is 0 Å². The van der Waals surface area contributed by atoms with Gasteiger partial charge in [0.2, 0.25) is 0 Å². The zero-order valence-corrected chi connectivity index (χ0v) is 46.1. The van der Waals surface area contributed by atoms with Gasteiger partial charge in [0.05, 0.1) is 10.7 Å². The molecule has 5 aromatic carbocycles. The molecule has 2 atom stereocenters. The van der Waals surface area contributed by atoms with Crippen molar-refractivity contribution in [1.82, 2.24) is 0 Å². The van der Waals surface area contributed by atoms with Crippen molar-refractivity contribution in [1.29, 1.82) is 0 Å². The van der Waals surface area contributed by atoms with E-state index in [9.17, 15) is 0 Å². The second-order valence-electron chi connectivity index (χ2n) is 28.4. The van der Waals surface area contributed by atoms with Gasteiger partial charge in [0.15, 0.2) is 0 Å². The quantitative estimate of drug-likeness (QED) is 0.163. The van der Waals surface area contributed by atoms with Gasteiger partial charge in [-0.1, -0.05) is 139 Å². The molecule has 4 heterocycles. The van der Waals surface area contributed by atoms with Crippen LogP contribution in [0.1, 0.15) is 204 Å². The zero-order valence-electron chi connectivity index (χ0n) is 45.3. The predicted molar refractivity (Wildman–Crippen MR) is 303 cm³/mol. The molecule has 0 amide bonds. The first kappa shape index (κ1) is 45.3. The molecule has 0 radical (unpaired) electrons. The molecule has 360 valence electrons. The van der Waals surface area contributed by atoms with Gasteiger partial charge in [-0.3, -0.25) is 0 Å². The third kappa shape index (κ3) is 6.04. The number of anilines is 6. The Bertz CT molecular complexity index is 3270. The van der Waals surface area contributed by atoms with E-state index < -0.39 is 0 Å². The van der Waals surface area contributed by atoms with Crippen LogP contribution in [0.15, 0.2) is 84.9 Å². The van der Waals surface area contributed by atoms with E-state index in [-0.39, 0.29) is 50.0 Å². The van der Waals surface area contributed by atoms with Gasteiger partial charge < -0.3 is 9.80 Å². The first-order valence-electron chi connectivity index (χ1n) is 27.3. The van der Waals surface area contributed by atoms with Crippen LogP contribution in [0.25, 0.3) is 11.1 Å². The van der Waals surface area contributed by atoms with Gasteiger partial charge in [0.1, 0.15) is 0 Å². The number of nitrogens with zero attached hydrogens (tertiary/aromatic N) is 2. The van der Waals surface area contributed by atoms with Crippen molar-refractivity contribution in [2.75, 3.05) is 9.80 Å². The van der Waals surface area contributed by atoms with E-state index in [0.29, 0.717) is 0 Å². The van der Waals surface area contributed by atoms with Gasteiger partial charge in [-0.2, -0.15) is 0 Å². The molecular weight excluding hydrogens is 864 g/mol. The van der Waals surface area contributed by atoms with Crippen LogP contribution in [0.5, 0.6) is 0 Å². The maximum atomic E-state index is 2.85. The van der Waals surface area contributed by atoms with Crippen molar-refractivity contribution in [3.05, 3.63) is 134 Å². The Hall–Kier alpha value is -4.54. The minimum Gasteiger partial charge on any atom is -0.311 e. The van der Waals surface area contributed by atoms with Crippen molar-refractivity contribution in [2.24, 2.45) is 0 Å². The van der Waals surface area contributed by atoms with E-state index in [1.807, 2.05) is 0 Å². The van der Waals surface area contributed by atoms with E-state index in [1.165, 1.54) is 141 Å². The molecule has 2 bridgehead atoms. The van der Waals surface area contributed by atoms with E-state index in [2.05, 4.69) is 210 Å². The fraction of sp³-hybridized carbons (Fsp3) is 0.485. The summed E-state index contributed by atoms with van der Waals surface area (Å²) in [5.41, 5.74) is 27.0. The third-order valence-electron chi connectivity index (χ3n) is 20.6. The predicted octanol–water partition coefficient (Wildman–Crippen LogP) is 16.6. The Labute approximate surface area is 425 Å². The lowest BCUT2D eigenvalue weighted by Crippen LogP contribution is -2.62. The van der Waals surface area contributed by atoms with Crippen molar-refractivity contribution in [2.45, 2.75) is 205 Å². The van der Waals surface area contributed by atoms with Crippen LogP contribution >= 0.6 is 11.3 Å². The molecule has 0 saturated heterocycles. The highest BCUT2D eigenvalue weighted by Crippen LogP contribution is 2.62. The minimum absolute atomic E-state index is 0.0293. The number of hydrogen-bond acceptors (Lipinski definition) is 3. The number of hydrogen-bond donors (Lipinski definition) is 0. The van der Waals surface area contributed by atoms with Gasteiger partial charge in [-0.05, 0) is 217 Å². The number of aryl methyl sites for hydroxylation is 1. The summed E-state index contributed by atoms with van der Waals surface area (Å²) < 4.78 is 0. The first-order chi connectivity index (χ1) is 32.8. The van der Waals surface area contributed by atoms with Crippen molar-refractivity contribution < 1.29 is 0 Å². The Kier molecular flexibility index (Phi) is 9.03. The van der Waals surface area contributed by atoms with Crippen LogP contribution in [-0.2, 0) is 43.3 Å². The summed E-state index contributed by atoms with van der Waals surface area (Å²) in [5.74, 6) is 0. The Morgan fingerprint density at radius 2 is 0.971 bits per heavy atom. The van der Waals surface area contributed by atoms with Crippen LogP contribution in [0.4, 0.5) is 33.4 Å². The van der Waals surface area contributed by atoms with Crippen LogP contribution in [0.3, 0.4) is 0 Å². The van der Waals surface area contributed by atoms with Crippen LogP contribution in [0.2, 0.25) is 0 Å². The van der Waals surface area contributed by atoms with Gasteiger partial charge >= 0.3 is 0 Å².